The lowest BCUT2D eigenvalue weighted by atomic mass is 10.2. The molecule has 0 saturated carbocycles. The van der Waals surface area contributed by atoms with Crippen LogP contribution in [0.2, 0.25) is 5.02 Å². The first kappa shape index (κ1) is 20.2. The normalized spacial score (nSPS) is 14.2. The van der Waals surface area contributed by atoms with E-state index < -0.39 is 0 Å². The SMILES string of the molecule is CCn1c(=O)c(N2CCN(C(=O)Nc3ccc(C)c(Cl)c3)CC2)nc2cccnc21. The second-order valence-electron chi connectivity index (χ2n) is 7.20. The Labute approximate surface area is 179 Å². The number of fused-ring (bicyclic) bond motifs is 1. The number of benzene rings is 1. The molecular formula is C21H23ClN6O2. The van der Waals surface area contributed by atoms with Crippen LogP contribution in [0.5, 0.6) is 0 Å². The van der Waals surface area contributed by atoms with E-state index in [0.29, 0.717) is 60.4 Å². The lowest BCUT2D eigenvalue weighted by molar-refractivity contribution is 0.208. The van der Waals surface area contributed by atoms with Gasteiger partial charge in [0.15, 0.2) is 11.5 Å². The minimum Gasteiger partial charge on any atom is -0.348 e. The third kappa shape index (κ3) is 3.82. The lowest BCUT2D eigenvalue weighted by Gasteiger charge is -2.35. The number of halogens is 1. The number of aromatic nitrogens is 3. The van der Waals surface area contributed by atoms with Gasteiger partial charge in [0.25, 0.3) is 5.56 Å². The zero-order valence-electron chi connectivity index (χ0n) is 16.9. The molecule has 1 saturated heterocycles. The van der Waals surface area contributed by atoms with Gasteiger partial charge in [-0.25, -0.2) is 14.8 Å². The average Bonchev–Trinajstić information content (AvgIpc) is 2.76. The van der Waals surface area contributed by atoms with Gasteiger partial charge in [0.05, 0.1) is 0 Å². The number of piperazine rings is 1. The number of pyridine rings is 1. The Morgan fingerprint density at radius 3 is 2.67 bits per heavy atom. The molecule has 0 atom stereocenters. The van der Waals surface area contributed by atoms with Crippen molar-refractivity contribution in [1.82, 2.24) is 19.4 Å². The van der Waals surface area contributed by atoms with Gasteiger partial charge in [0.1, 0.15) is 5.52 Å². The second-order valence-corrected chi connectivity index (χ2v) is 7.61. The number of nitrogens with zero attached hydrogens (tertiary/aromatic N) is 5. The van der Waals surface area contributed by atoms with Crippen molar-refractivity contribution in [3.05, 3.63) is 57.5 Å². The number of hydrogen-bond acceptors (Lipinski definition) is 5. The minimum atomic E-state index is -0.184. The molecule has 4 rings (SSSR count). The largest absolute Gasteiger partial charge is 0.348 e. The number of carbonyl (C=O) groups excluding carboxylic acids is 1. The van der Waals surface area contributed by atoms with Gasteiger partial charge in [-0.05, 0) is 43.7 Å². The molecule has 30 heavy (non-hydrogen) atoms. The molecule has 1 aliphatic rings. The molecule has 0 radical (unpaired) electrons. The summed E-state index contributed by atoms with van der Waals surface area (Å²) in [5.41, 5.74) is 2.73. The van der Waals surface area contributed by atoms with Crippen LogP contribution >= 0.6 is 11.6 Å². The van der Waals surface area contributed by atoms with Crippen molar-refractivity contribution in [2.75, 3.05) is 36.4 Å². The molecule has 3 heterocycles. The molecule has 0 spiro atoms. The molecule has 0 bridgehead atoms. The van der Waals surface area contributed by atoms with Crippen LogP contribution in [0.1, 0.15) is 12.5 Å². The number of nitrogens with one attached hydrogen (secondary N) is 1. The molecule has 156 valence electrons. The van der Waals surface area contributed by atoms with E-state index in [0.717, 1.165) is 5.56 Å². The number of amides is 2. The van der Waals surface area contributed by atoms with Crippen LogP contribution in [-0.4, -0.2) is 51.6 Å². The first-order chi connectivity index (χ1) is 14.5. The third-order valence-corrected chi connectivity index (χ3v) is 5.70. The van der Waals surface area contributed by atoms with Crippen molar-refractivity contribution < 1.29 is 4.79 Å². The maximum atomic E-state index is 12.9. The smallest absolute Gasteiger partial charge is 0.321 e. The molecule has 2 amide bonds. The predicted octanol–water partition coefficient (Wildman–Crippen LogP) is 3.13. The standard InChI is InChI=1S/C21H23ClN6O2/c1-3-28-18-17(5-4-8-23-18)25-19(20(28)29)26-9-11-27(12-10-26)21(30)24-15-7-6-14(2)16(22)13-15/h4-8,13H,3,9-12H2,1-2H3,(H,24,30). The average molecular weight is 427 g/mol. The molecule has 1 aliphatic heterocycles. The highest BCUT2D eigenvalue weighted by atomic mass is 35.5. The molecule has 3 aromatic rings. The topological polar surface area (TPSA) is 83.4 Å². The van der Waals surface area contributed by atoms with Crippen LogP contribution in [0.15, 0.2) is 41.3 Å². The number of rotatable bonds is 3. The van der Waals surface area contributed by atoms with E-state index in [2.05, 4.69) is 15.3 Å². The van der Waals surface area contributed by atoms with E-state index in [1.165, 1.54) is 0 Å². The van der Waals surface area contributed by atoms with Crippen molar-refractivity contribution in [2.24, 2.45) is 0 Å². The number of aryl methyl sites for hydroxylation is 2. The van der Waals surface area contributed by atoms with Gasteiger partial charge in [-0.3, -0.25) is 9.36 Å². The van der Waals surface area contributed by atoms with E-state index in [1.807, 2.05) is 43.0 Å². The van der Waals surface area contributed by atoms with Gasteiger partial charge in [-0.15, -0.1) is 0 Å². The maximum absolute atomic E-state index is 12.9. The Hall–Kier alpha value is -3.13. The second kappa shape index (κ2) is 8.31. The number of anilines is 2. The molecule has 0 unspecified atom stereocenters. The van der Waals surface area contributed by atoms with Crippen molar-refractivity contribution >= 4 is 40.3 Å². The van der Waals surface area contributed by atoms with Crippen molar-refractivity contribution in [1.29, 1.82) is 0 Å². The van der Waals surface area contributed by atoms with Crippen molar-refractivity contribution in [3.8, 4) is 0 Å². The Kier molecular flexibility index (Phi) is 5.59. The minimum absolute atomic E-state index is 0.157. The number of urea groups is 1. The fourth-order valence-electron chi connectivity index (χ4n) is 3.56. The summed E-state index contributed by atoms with van der Waals surface area (Å²) in [6.07, 6.45) is 1.66. The monoisotopic (exact) mass is 426 g/mol. The van der Waals surface area contributed by atoms with E-state index in [4.69, 9.17) is 11.6 Å². The van der Waals surface area contributed by atoms with Gasteiger partial charge in [-0.1, -0.05) is 17.7 Å². The van der Waals surface area contributed by atoms with Crippen LogP contribution < -0.4 is 15.8 Å². The van der Waals surface area contributed by atoms with Gasteiger partial charge < -0.3 is 15.1 Å². The highest BCUT2D eigenvalue weighted by Gasteiger charge is 2.25. The quantitative estimate of drug-likeness (QED) is 0.695. The summed E-state index contributed by atoms with van der Waals surface area (Å²) in [5, 5.41) is 3.50. The van der Waals surface area contributed by atoms with Crippen LogP contribution in [0.4, 0.5) is 16.3 Å². The summed E-state index contributed by atoms with van der Waals surface area (Å²) in [7, 11) is 0. The summed E-state index contributed by atoms with van der Waals surface area (Å²) < 4.78 is 1.64. The van der Waals surface area contributed by atoms with E-state index in [1.54, 1.807) is 21.7 Å². The predicted molar refractivity (Wildman–Crippen MR) is 118 cm³/mol. The Balaban J connectivity index is 1.48. The van der Waals surface area contributed by atoms with Crippen LogP contribution in [-0.2, 0) is 6.54 Å². The van der Waals surface area contributed by atoms with E-state index >= 15 is 0 Å². The fourth-order valence-corrected chi connectivity index (χ4v) is 3.74. The molecule has 2 aromatic heterocycles. The van der Waals surface area contributed by atoms with Gasteiger partial charge in [0, 0.05) is 49.6 Å². The molecular weight excluding hydrogens is 404 g/mol. The van der Waals surface area contributed by atoms with Gasteiger partial charge in [0.2, 0.25) is 0 Å². The van der Waals surface area contributed by atoms with Gasteiger partial charge >= 0.3 is 6.03 Å². The van der Waals surface area contributed by atoms with Crippen LogP contribution in [0.25, 0.3) is 11.2 Å². The number of carbonyl (C=O) groups is 1. The summed E-state index contributed by atoms with van der Waals surface area (Å²) in [6.45, 7) is 6.38. The van der Waals surface area contributed by atoms with E-state index in [9.17, 15) is 9.59 Å². The van der Waals surface area contributed by atoms with Crippen LogP contribution in [0.3, 0.4) is 0 Å². The zero-order chi connectivity index (χ0) is 21.3. The molecule has 1 N–H and O–H groups in total. The summed E-state index contributed by atoms with van der Waals surface area (Å²) in [6, 6.07) is 8.92. The summed E-state index contributed by atoms with van der Waals surface area (Å²) >= 11 is 6.14. The molecule has 8 nitrogen and oxygen atoms in total. The van der Waals surface area contributed by atoms with Crippen molar-refractivity contribution in [3.63, 3.8) is 0 Å². The third-order valence-electron chi connectivity index (χ3n) is 5.29. The van der Waals surface area contributed by atoms with Crippen molar-refractivity contribution in [2.45, 2.75) is 20.4 Å². The first-order valence-electron chi connectivity index (χ1n) is 9.90. The summed E-state index contributed by atoms with van der Waals surface area (Å²) in [4.78, 5) is 38.1. The highest BCUT2D eigenvalue weighted by molar-refractivity contribution is 6.31. The Bertz CT molecular complexity index is 1150. The highest BCUT2D eigenvalue weighted by Crippen LogP contribution is 2.21. The van der Waals surface area contributed by atoms with E-state index in [-0.39, 0.29) is 11.6 Å². The molecule has 9 heteroatoms. The fraction of sp³-hybridized carbons (Fsp3) is 0.333. The first-order valence-corrected chi connectivity index (χ1v) is 10.3. The Morgan fingerprint density at radius 2 is 1.97 bits per heavy atom. The summed E-state index contributed by atoms with van der Waals surface area (Å²) in [5.74, 6) is 0.405. The number of hydrogen-bond donors (Lipinski definition) is 1. The van der Waals surface area contributed by atoms with Crippen LogP contribution in [0, 0.1) is 6.92 Å². The maximum Gasteiger partial charge on any atom is 0.321 e. The Morgan fingerprint density at radius 1 is 1.20 bits per heavy atom. The zero-order valence-corrected chi connectivity index (χ0v) is 17.7. The molecule has 1 aromatic carbocycles. The molecule has 0 aliphatic carbocycles. The molecule has 1 fully saturated rings. The lowest BCUT2D eigenvalue weighted by Crippen LogP contribution is -2.51. The van der Waals surface area contributed by atoms with Gasteiger partial charge in [-0.2, -0.15) is 0 Å².